The number of rotatable bonds is 4. The lowest BCUT2D eigenvalue weighted by Crippen LogP contribution is -2.48. The van der Waals surface area contributed by atoms with Gasteiger partial charge in [-0.05, 0) is 12.2 Å². The van der Waals surface area contributed by atoms with Gasteiger partial charge in [0.05, 0.1) is 13.0 Å². The molecule has 1 aliphatic rings. The van der Waals surface area contributed by atoms with Gasteiger partial charge in [0.1, 0.15) is 17.5 Å². The predicted molar refractivity (Wildman–Crippen MR) is 55.5 cm³/mol. The van der Waals surface area contributed by atoms with Gasteiger partial charge in [-0.15, -0.1) is 11.6 Å². The lowest BCUT2D eigenvalue weighted by molar-refractivity contribution is -0.0760. The Morgan fingerprint density at radius 3 is 2.57 bits per heavy atom. The third kappa shape index (κ3) is 1.80. The minimum Gasteiger partial charge on any atom is -0.498 e. The molecule has 0 fully saturated rings. The van der Waals surface area contributed by atoms with Gasteiger partial charge in [0.2, 0.25) is 0 Å². The second-order valence-electron chi connectivity index (χ2n) is 3.04. The number of allylic oxidation sites excluding steroid dienone is 2. The summed E-state index contributed by atoms with van der Waals surface area (Å²) >= 11 is 5.89. The van der Waals surface area contributed by atoms with Crippen LogP contribution in [0.4, 0.5) is 0 Å². The maximum atomic E-state index is 5.89. The van der Waals surface area contributed by atoms with Crippen molar-refractivity contribution in [2.75, 3.05) is 27.2 Å². The Bertz CT molecular complexity index is 244. The molecule has 0 aliphatic heterocycles. The minimum absolute atomic E-state index is 0.292. The summed E-state index contributed by atoms with van der Waals surface area (Å²) in [5.41, 5.74) is -0.629. The Kier molecular flexibility index (Phi) is 3.98. The number of ether oxygens (including phenoxy) is 3. The van der Waals surface area contributed by atoms with E-state index in [1.807, 2.05) is 18.2 Å². The summed E-state index contributed by atoms with van der Waals surface area (Å²) in [7, 11) is 4.82. The summed E-state index contributed by atoms with van der Waals surface area (Å²) in [6, 6.07) is 0. The normalized spacial score (nSPS) is 31.4. The molecule has 0 spiro atoms. The molecule has 0 amide bonds. The van der Waals surface area contributed by atoms with Crippen LogP contribution in [0.3, 0.4) is 0 Å². The summed E-state index contributed by atoms with van der Waals surface area (Å²) in [5.74, 6) is 1.04. The Hall–Kier alpha value is -0.510. The van der Waals surface area contributed by atoms with Crippen molar-refractivity contribution in [3.05, 3.63) is 24.0 Å². The van der Waals surface area contributed by atoms with Crippen LogP contribution in [0.1, 0.15) is 0 Å². The number of methoxy groups -OCH3 is 3. The van der Waals surface area contributed by atoms with E-state index in [4.69, 9.17) is 25.8 Å². The van der Waals surface area contributed by atoms with Crippen LogP contribution in [0.2, 0.25) is 0 Å². The Balaban J connectivity index is 2.98. The van der Waals surface area contributed by atoms with Gasteiger partial charge in [0.25, 0.3) is 0 Å². The number of halogens is 1. The lowest BCUT2D eigenvalue weighted by atomic mass is 9.92. The van der Waals surface area contributed by atoms with E-state index in [0.717, 1.165) is 5.76 Å². The fourth-order valence-electron chi connectivity index (χ4n) is 1.56. The quantitative estimate of drug-likeness (QED) is 0.673. The number of alkyl halides is 1. The summed E-state index contributed by atoms with van der Waals surface area (Å²) in [5, 5.41) is 0. The van der Waals surface area contributed by atoms with Crippen molar-refractivity contribution in [3.63, 3.8) is 0 Å². The van der Waals surface area contributed by atoms with E-state index in [1.165, 1.54) is 0 Å². The van der Waals surface area contributed by atoms with Gasteiger partial charge in [-0.1, -0.05) is 6.08 Å². The predicted octanol–water partition coefficient (Wildman–Crippen LogP) is 1.73. The molecule has 2 unspecified atom stereocenters. The van der Waals surface area contributed by atoms with E-state index in [-0.39, 0.29) is 6.10 Å². The van der Waals surface area contributed by atoms with Crippen LogP contribution in [0.15, 0.2) is 24.0 Å². The van der Waals surface area contributed by atoms with Crippen LogP contribution in [-0.4, -0.2) is 38.9 Å². The molecule has 3 nitrogen and oxygen atoms in total. The molecule has 0 radical (unpaired) electrons. The van der Waals surface area contributed by atoms with Crippen LogP contribution in [-0.2, 0) is 14.2 Å². The second kappa shape index (κ2) is 4.82. The van der Waals surface area contributed by atoms with Crippen molar-refractivity contribution in [3.8, 4) is 0 Å². The standard InChI is InChI=1S/C10H15ClO3/c1-12-8-5-4-6-10(7-11,14-3)9(8)13-2/h4-6,9H,7H2,1-3H3. The first-order valence-electron chi connectivity index (χ1n) is 4.31. The van der Waals surface area contributed by atoms with E-state index in [1.54, 1.807) is 21.3 Å². The molecular weight excluding hydrogens is 204 g/mol. The molecule has 0 N–H and O–H groups in total. The second-order valence-corrected chi connectivity index (χ2v) is 3.31. The van der Waals surface area contributed by atoms with Crippen molar-refractivity contribution in [2.45, 2.75) is 11.7 Å². The zero-order valence-electron chi connectivity index (χ0n) is 8.62. The Labute approximate surface area is 89.3 Å². The maximum absolute atomic E-state index is 5.89. The molecule has 1 rings (SSSR count). The van der Waals surface area contributed by atoms with Crippen molar-refractivity contribution in [1.29, 1.82) is 0 Å². The molecule has 0 aromatic heterocycles. The zero-order valence-corrected chi connectivity index (χ0v) is 9.38. The maximum Gasteiger partial charge on any atom is 0.148 e. The molecule has 14 heavy (non-hydrogen) atoms. The highest BCUT2D eigenvalue weighted by molar-refractivity contribution is 6.18. The minimum atomic E-state index is -0.629. The van der Waals surface area contributed by atoms with Crippen LogP contribution >= 0.6 is 11.6 Å². The fourth-order valence-corrected chi connectivity index (χ4v) is 1.89. The average molecular weight is 219 g/mol. The van der Waals surface area contributed by atoms with Gasteiger partial charge in [-0.2, -0.15) is 0 Å². The van der Waals surface area contributed by atoms with Crippen LogP contribution in [0.25, 0.3) is 0 Å². The smallest absolute Gasteiger partial charge is 0.148 e. The highest BCUT2D eigenvalue weighted by Crippen LogP contribution is 2.30. The molecule has 2 atom stereocenters. The topological polar surface area (TPSA) is 27.7 Å². The summed E-state index contributed by atoms with van der Waals surface area (Å²) in [6.45, 7) is 0. The van der Waals surface area contributed by atoms with E-state index < -0.39 is 5.60 Å². The number of hydrogen-bond donors (Lipinski definition) is 0. The van der Waals surface area contributed by atoms with Crippen molar-refractivity contribution < 1.29 is 14.2 Å². The largest absolute Gasteiger partial charge is 0.498 e. The summed E-state index contributed by atoms with van der Waals surface area (Å²) in [4.78, 5) is 0. The van der Waals surface area contributed by atoms with Gasteiger partial charge in [0.15, 0.2) is 0 Å². The third-order valence-electron chi connectivity index (χ3n) is 2.40. The molecule has 0 saturated carbocycles. The van der Waals surface area contributed by atoms with Gasteiger partial charge < -0.3 is 14.2 Å². The van der Waals surface area contributed by atoms with E-state index in [2.05, 4.69) is 0 Å². The first-order valence-corrected chi connectivity index (χ1v) is 4.85. The highest BCUT2D eigenvalue weighted by Gasteiger charge is 2.41. The van der Waals surface area contributed by atoms with Gasteiger partial charge in [-0.25, -0.2) is 0 Å². The van der Waals surface area contributed by atoms with E-state index in [9.17, 15) is 0 Å². The van der Waals surface area contributed by atoms with E-state index in [0.29, 0.717) is 5.88 Å². The molecule has 0 aromatic carbocycles. The Morgan fingerprint density at radius 1 is 1.43 bits per heavy atom. The molecule has 0 heterocycles. The van der Waals surface area contributed by atoms with Crippen LogP contribution in [0, 0.1) is 0 Å². The molecule has 80 valence electrons. The molecule has 0 bridgehead atoms. The molecule has 1 aliphatic carbocycles. The first kappa shape index (κ1) is 11.6. The third-order valence-corrected chi connectivity index (χ3v) is 2.82. The zero-order chi connectivity index (χ0) is 10.6. The molecule has 0 saturated heterocycles. The highest BCUT2D eigenvalue weighted by atomic mass is 35.5. The van der Waals surface area contributed by atoms with Crippen LogP contribution < -0.4 is 0 Å². The summed E-state index contributed by atoms with van der Waals surface area (Å²) < 4.78 is 15.9. The number of hydrogen-bond acceptors (Lipinski definition) is 3. The average Bonchev–Trinajstić information content (AvgIpc) is 2.27. The van der Waals surface area contributed by atoms with Gasteiger partial charge in [0, 0.05) is 14.2 Å². The van der Waals surface area contributed by atoms with Gasteiger partial charge >= 0.3 is 0 Å². The molecule has 0 aromatic rings. The van der Waals surface area contributed by atoms with E-state index >= 15 is 0 Å². The summed E-state index contributed by atoms with van der Waals surface area (Å²) in [6.07, 6.45) is 5.30. The molecule has 4 heteroatoms. The lowest BCUT2D eigenvalue weighted by Gasteiger charge is -2.36. The van der Waals surface area contributed by atoms with Crippen molar-refractivity contribution in [2.24, 2.45) is 0 Å². The first-order chi connectivity index (χ1) is 6.74. The van der Waals surface area contributed by atoms with Crippen molar-refractivity contribution >= 4 is 11.6 Å². The van der Waals surface area contributed by atoms with Gasteiger partial charge in [-0.3, -0.25) is 0 Å². The monoisotopic (exact) mass is 218 g/mol. The SMILES string of the molecule is COC1=CC=CC(CCl)(OC)C1OC. The van der Waals surface area contributed by atoms with Crippen LogP contribution in [0.5, 0.6) is 0 Å². The Morgan fingerprint density at radius 2 is 2.14 bits per heavy atom. The fraction of sp³-hybridized carbons (Fsp3) is 0.600. The van der Waals surface area contributed by atoms with Crippen molar-refractivity contribution in [1.82, 2.24) is 0 Å². The molecular formula is C10H15ClO3.